The van der Waals surface area contributed by atoms with Crippen molar-refractivity contribution in [1.29, 1.82) is 5.26 Å². The number of H-pyrrole nitrogens is 1. The molecule has 0 amide bonds. The van der Waals surface area contributed by atoms with E-state index in [2.05, 4.69) is 41.9 Å². The Bertz CT molecular complexity index is 391. The minimum absolute atomic E-state index is 0.139. The van der Waals surface area contributed by atoms with Crippen LogP contribution in [0.3, 0.4) is 0 Å². The summed E-state index contributed by atoms with van der Waals surface area (Å²) in [5, 5.41) is 15.7. The Kier molecular flexibility index (Phi) is 1.86. The monoisotopic (exact) mass is 190 g/mol. The molecule has 1 aliphatic heterocycles. The lowest BCUT2D eigenvalue weighted by molar-refractivity contribution is 0.134. The van der Waals surface area contributed by atoms with E-state index in [1.54, 1.807) is 0 Å². The number of rotatable bonds is 0. The van der Waals surface area contributed by atoms with E-state index in [0.717, 1.165) is 24.3 Å². The van der Waals surface area contributed by atoms with Gasteiger partial charge in [-0.05, 0) is 20.8 Å². The molecule has 74 valence electrons. The fourth-order valence-electron chi connectivity index (χ4n) is 1.70. The first-order chi connectivity index (χ1) is 6.52. The van der Waals surface area contributed by atoms with Crippen LogP contribution in [0.15, 0.2) is 0 Å². The Morgan fingerprint density at radius 1 is 1.43 bits per heavy atom. The second-order valence-corrected chi connectivity index (χ2v) is 4.66. The molecule has 0 saturated heterocycles. The highest BCUT2D eigenvalue weighted by molar-refractivity contribution is 5.36. The van der Waals surface area contributed by atoms with Gasteiger partial charge in [0, 0.05) is 24.2 Å². The van der Waals surface area contributed by atoms with E-state index in [-0.39, 0.29) is 5.54 Å². The highest BCUT2D eigenvalue weighted by Gasteiger charge is 2.31. The second kappa shape index (κ2) is 2.82. The van der Waals surface area contributed by atoms with Crippen molar-refractivity contribution in [2.75, 3.05) is 0 Å². The number of fused-ring (bicyclic) bond motifs is 1. The maximum atomic E-state index is 8.84. The smallest absolute Gasteiger partial charge is 0.140 e. The van der Waals surface area contributed by atoms with Gasteiger partial charge in [-0.2, -0.15) is 10.4 Å². The van der Waals surface area contributed by atoms with Gasteiger partial charge in [-0.1, -0.05) is 0 Å². The summed E-state index contributed by atoms with van der Waals surface area (Å²) in [5.74, 6) is 0. The molecule has 0 bridgehead atoms. The van der Waals surface area contributed by atoms with Crippen LogP contribution >= 0.6 is 0 Å². The SMILES string of the molecule is CC(C)(C)N1Cc2n[nH]c(C#N)c2C1. The molecule has 1 aromatic rings. The molecule has 2 heterocycles. The zero-order valence-electron chi connectivity index (χ0n) is 8.76. The van der Waals surface area contributed by atoms with Crippen LogP contribution in [-0.4, -0.2) is 20.6 Å². The summed E-state index contributed by atoms with van der Waals surface area (Å²) in [6.45, 7) is 8.20. The standard InChI is InChI=1S/C10H14N4/c1-10(2,3)14-5-7-8(4-11)12-13-9(7)6-14/h5-6H2,1-3H3,(H,12,13). The van der Waals surface area contributed by atoms with E-state index in [0.29, 0.717) is 5.69 Å². The zero-order valence-corrected chi connectivity index (χ0v) is 8.76. The molecule has 1 aromatic heterocycles. The van der Waals surface area contributed by atoms with Crippen LogP contribution in [0.25, 0.3) is 0 Å². The molecule has 2 rings (SSSR count). The van der Waals surface area contributed by atoms with Crippen LogP contribution in [0.1, 0.15) is 37.7 Å². The van der Waals surface area contributed by atoms with Crippen molar-refractivity contribution in [3.63, 3.8) is 0 Å². The van der Waals surface area contributed by atoms with Gasteiger partial charge in [0.1, 0.15) is 11.8 Å². The van der Waals surface area contributed by atoms with Crippen molar-refractivity contribution < 1.29 is 0 Å². The lowest BCUT2D eigenvalue weighted by Crippen LogP contribution is -2.37. The third kappa shape index (κ3) is 1.30. The first-order valence-electron chi connectivity index (χ1n) is 4.73. The topological polar surface area (TPSA) is 55.7 Å². The molecule has 4 heteroatoms. The van der Waals surface area contributed by atoms with Crippen LogP contribution in [0.5, 0.6) is 0 Å². The zero-order chi connectivity index (χ0) is 10.3. The number of hydrogen-bond acceptors (Lipinski definition) is 3. The van der Waals surface area contributed by atoms with E-state index >= 15 is 0 Å². The van der Waals surface area contributed by atoms with Crippen LogP contribution < -0.4 is 0 Å². The van der Waals surface area contributed by atoms with E-state index in [4.69, 9.17) is 5.26 Å². The molecule has 1 aliphatic rings. The average Bonchev–Trinajstić information content (AvgIpc) is 2.58. The molecule has 0 aromatic carbocycles. The molecule has 0 radical (unpaired) electrons. The fraction of sp³-hybridized carbons (Fsp3) is 0.600. The van der Waals surface area contributed by atoms with Gasteiger partial charge < -0.3 is 0 Å². The van der Waals surface area contributed by atoms with Crippen LogP contribution in [0, 0.1) is 11.3 Å². The van der Waals surface area contributed by atoms with Gasteiger partial charge in [-0.3, -0.25) is 10.00 Å². The third-order valence-corrected chi connectivity index (χ3v) is 2.70. The lowest BCUT2D eigenvalue weighted by atomic mass is 10.1. The normalized spacial score (nSPS) is 16.7. The van der Waals surface area contributed by atoms with Gasteiger partial charge in [-0.25, -0.2) is 0 Å². The van der Waals surface area contributed by atoms with Crippen molar-refractivity contribution in [3.8, 4) is 6.07 Å². The predicted molar refractivity (Wildman–Crippen MR) is 52.3 cm³/mol. The average molecular weight is 190 g/mol. The minimum atomic E-state index is 0.139. The Morgan fingerprint density at radius 3 is 2.71 bits per heavy atom. The first kappa shape index (κ1) is 9.22. The maximum absolute atomic E-state index is 8.84. The van der Waals surface area contributed by atoms with Gasteiger partial charge in [0.05, 0.1) is 5.69 Å². The van der Waals surface area contributed by atoms with Crippen molar-refractivity contribution in [2.45, 2.75) is 39.4 Å². The van der Waals surface area contributed by atoms with E-state index < -0.39 is 0 Å². The quantitative estimate of drug-likeness (QED) is 0.672. The summed E-state index contributed by atoms with van der Waals surface area (Å²) in [6, 6.07) is 2.13. The van der Waals surface area contributed by atoms with Crippen molar-refractivity contribution >= 4 is 0 Å². The van der Waals surface area contributed by atoms with Gasteiger partial charge in [0.25, 0.3) is 0 Å². The van der Waals surface area contributed by atoms with Crippen LogP contribution in [0.4, 0.5) is 0 Å². The van der Waals surface area contributed by atoms with Crippen molar-refractivity contribution in [3.05, 3.63) is 17.0 Å². The van der Waals surface area contributed by atoms with Crippen molar-refractivity contribution in [2.24, 2.45) is 0 Å². The number of nitrogens with zero attached hydrogens (tertiary/aromatic N) is 3. The van der Waals surface area contributed by atoms with Crippen molar-refractivity contribution in [1.82, 2.24) is 15.1 Å². The Balaban J connectivity index is 2.28. The van der Waals surface area contributed by atoms with E-state index in [1.807, 2.05) is 0 Å². The molecule has 0 spiro atoms. The summed E-state index contributed by atoms with van der Waals surface area (Å²) < 4.78 is 0. The third-order valence-electron chi connectivity index (χ3n) is 2.70. The number of aromatic amines is 1. The minimum Gasteiger partial charge on any atom is -0.288 e. The summed E-state index contributed by atoms with van der Waals surface area (Å²) in [4.78, 5) is 2.32. The fourth-order valence-corrected chi connectivity index (χ4v) is 1.70. The van der Waals surface area contributed by atoms with E-state index in [1.165, 1.54) is 0 Å². The molecule has 4 nitrogen and oxygen atoms in total. The Morgan fingerprint density at radius 2 is 2.14 bits per heavy atom. The van der Waals surface area contributed by atoms with Crippen LogP contribution in [0.2, 0.25) is 0 Å². The van der Waals surface area contributed by atoms with Gasteiger partial charge >= 0.3 is 0 Å². The molecule has 0 aliphatic carbocycles. The largest absolute Gasteiger partial charge is 0.288 e. The number of hydrogen-bond donors (Lipinski definition) is 1. The van der Waals surface area contributed by atoms with Gasteiger partial charge in [-0.15, -0.1) is 0 Å². The summed E-state index contributed by atoms with van der Waals surface area (Å²) in [6.07, 6.45) is 0. The summed E-state index contributed by atoms with van der Waals surface area (Å²) in [5.41, 5.74) is 2.85. The summed E-state index contributed by atoms with van der Waals surface area (Å²) >= 11 is 0. The highest BCUT2D eigenvalue weighted by atomic mass is 15.2. The number of nitrogens with one attached hydrogen (secondary N) is 1. The lowest BCUT2D eigenvalue weighted by Gasteiger charge is -2.31. The number of nitriles is 1. The predicted octanol–water partition coefficient (Wildman–Crippen LogP) is 1.40. The second-order valence-electron chi connectivity index (χ2n) is 4.66. The molecule has 0 fully saturated rings. The molecule has 14 heavy (non-hydrogen) atoms. The Hall–Kier alpha value is -1.34. The molecule has 0 unspecified atom stereocenters. The molecular weight excluding hydrogens is 176 g/mol. The molecule has 1 N–H and O–H groups in total. The first-order valence-corrected chi connectivity index (χ1v) is 4.73. The maximum Gasteiger partial charge on any atom is 0.140 e. The van der Waals surface area contributed by atoms with Gasteiger partial charge in [0.2, 0.25) is 0 Å². The van der Waals surface area contributed by atoms with E-state index in [9.17, 15) is 0 Å². The Labute approximate surface area is 83.5 Å². The molecule has 0 atom stereocenters. The molecular formula is C10H14N4. The summed E-state index contributed by atoms with van der Waals surface area (Å²) in [7, 11) is 0. The van der Waals surface area contributed by atoms with Crippen LogP contribution in [-0.2, 0) is 13.1 Å². The van der Waals surface area contributed by atoms with Gasteiger partial charge in [0.15, 0.2) is 0 Å². The highest BCUT2D eigenvalue weighted by Crippen LogP contribution is 2.29. The molecule has 0 saturated carbocycles. The number of aromatic nitrogens is 2.